The fourth-order valence-electron chi connectivity index (χ4n) is 2.19. The van der Waals surface area contributed by atoms with Crippen molar-refractivity contribution in [3.63, 3.8) is 0 Å². The van der Waals surface area contributed by atoms with Gasteiger partial charge in [-0.15, -0.1) is 0 Å². The normalized spacial score (nSPS) is 16.7. The maximum absolute atomic E-state index is 12.6. The fraction of sp³-hybridized carbons (Fsp3) is 0.800. The third-order valence-corrected chi connectivity index (χ3v) is 3.09. The molecule has 0 saturated carbocycles. The first-order valence-corrected chi connectivity index (χ1v) is 5.86. The first kappa shape index (κ1) is 24.1. The van der Waals surface area contributed by atoms with Crippen LogP contribution in [0.5, 0.6) is 0 Å². The van der Waals surface area contributed by atoms with Crippen LogP contribution < -0.4 is 0 Å². The highest BCUT2D eigenvalue weighted by Gasteiger charge is 2.71. The molecule has 2 atom stereocenters. The van der Waals surface area contributed by atoms with Gasteiger partial charge in [0.15, 0.2) is 11.8 Å². The molecule has 0 fully saturated rings. The fourth-order valence-corrected chi connectivity index (χ4v) is 2.19. The van der Waals surface area contributed by atoms with Gasteiger partial charge in [0.05, 0.1) is 11.8 Å². The molecule has 0 rings (SSSR count). The van der Waals surface area contributed by atoms with Crippen LogP contribution in [0.4, 0.5) is 52.7 Å². The summed E-state index contributed by atoms with van der Waals surface area (Å²) in [5.74, 6) is -26.8. The van der Waals surface area contributed by atoms with Crippen LogP contribution in [0.1, 0.15) is 0 Å². The van der Waals surface area contributed by atoms with Crippen LogP contribution in [0.2, 0.25) is 0 Å². The van der Waals surface area contributed by atoms with Crippen LogP contribution >= 0.6 is 0 Å². The first-order chi connectivity index (χ1) is 11.1. The minimum Gasteiger partial charge on any atom is -0.481 e. The summed E-state index contributed by atoms with van der Waals surface area (Å²) in [5, 5.41) is 16.9. The standard InChI is InChI=1S/C10H6F12O4/c11-7(12,13)3(8(14,15)16)1(5(23)24)2(6(25)26)4(9(17,18)19)10(20,21)22/h1-4H,(H,23,24)(H,25,26)/t1-,2-/m0/s1. The minimum absolute atomic E-state index is 3.45. The van der Waals surface area contributed by atoms with Gasteiger partial charge in [-0.25, -0.2) is 0 Å². The molecular formula is C10H6F12O4. The number of aliphatic carboxylic acids is 2. The Kier molecular flexibility index (Phi) is 6.50. The summed E-state index contributed by atoms with van der Waals surface area (Å²) in [7, 11) is 0. The Morgan fingerprint density at radius 2 is 0.654 bits per heavy atom. The van der Waals surface area contributed by atoms with E-state index in [-0.39, 0.29) is 0 Å². The average molecular weight is 418 g/mol. The molecule has 26 heavy (non-hydrogen) atoms. The summed E-state index contributed by atoms with van der Waals surface area (Å²) in [4.78, 5) is 21.5. The lowest BCUT2D eigenvalue weighted by Gasteiger charge is -2.36. The number of hydrogen-bond donors (Lipinski definition) is 2. The molecule has 0 aromatic heterocycles. The van der Waals surface area contributed by atoms with Crippen molar-refractivity contribution in [1.29, 1.82) is 0 Å². The molecule has 0 saturated heterocycles. The van der Waals surface area contributed by atoms with E-state index in [1.165, 1.54) is 0 Å². The molecule has 0 aromatic carbocycles. The molecule has 4 nitrogen and oxygen atoms in total. The molecule has 0 heterocycles. The Balaban J connectivity index is 6.78. The Morgan fingerprint density at radius 3 is 0.731 bits per heavy atom. The van der Waals surface area contributed by atoms with Crippen molar-refractivity contribution in [3.8, 4) is 0 Å². The molecule has 0 aromatic rings. The molecule has 154 valence electrons. The van der Waals surface area contributed by atoms with Crippen LogP contribution in [0.3, 0.4) is 0 Å². The zero-order chi connectivity index (χ0) is 21.5. The second-order valence-corrected chi connectivity index (χ2v) is 4.85. The van der Waals surface area contributed by atoms with Crippen LogP contribution in [-0.4, -0.2) is 46.9 Å². The topological polar surface area (TPSA) is 74.6 Å². The number of hydrogen-bond acceptors (Lipinski definition) is 2. The molecule has 0 radical (unpaired) electrons. The molecule has 2 N–H and O–H groups in total. The Bertz CT molecular complexity index is 452. The highest BCUT2D eigenvalue weighted by Crippen LogP contribution is 2.52. The van der Waals surface area contributed by atoms with E-state index in [4.69, 9.17) is 10.2 Å². The Morgan fingerprint density at radius 1 is 0.500 bits per heavy atom. The molecule has 0 aliphatic heterocycles. The Hall–Kier alpha value is -1.90. The van der Waals surface area contributed by atoms with Crippen LogP contribution in [0.15, 0.2) is 0 Å². The number of carboxylic acid groups (broad SMARTS) is 2. The van der Waals surface area contributed by atoms with Crippen molar-refractivity contribution in [3.05, 3.63) is 0 Å². The monoisotopic (exact) mass is 418 g/mol. The van der Waals surface area contributed by atoms with Crippen LogP contribution in [-0.2, 0) is 9.59 Å². The van der Waals surface area contributed by atoms with Crippen LogP contribution in [0, 0.1) is 23.7 Å². The van der Waals surface area contributed by atoms with Crippen molar-refractivity contribution < 1.29 is 72.5 Å². The molecule has 16 heteroatoms. The van der Waals surface area contributed by atoms with E-state index in [0.29, 0.717) is 0 Å². The predicted molar refractivity (Wildman–Crippen MR) is 53.5 cm³/mol. The molecule has 0 aliphatic rings. The summed E-state index contributed by atoms with van der Waals surface area (Å²) < 4.78 is 151. The minimum atomic E-state index is -6.70. The van der Waals surface area contributed by atoms with E-state index < -0.39 is 60.3 Å². The molecule has 0 aliphatic carbocycles. The van der Waals surface area contributed by atoms with E-state index in [9.17, 15) is 62.3 Å². The van der Waals surface area contributed by atoms with Gasteiger partial charge in [0.2, 0.25) is 0 Å². The van der Waals surface area contributed by atoms with Gasteiger partial charge in [-0.2, -0.15) is 52.7 Å². The summed E-state index contributed by atoms with van der Waals surface area (Å²) >= 11 is 0. The van der Waals surface area contributed by atoms with E-state index in [1.54, 1.807) is 0 Å². The SMILES string of the molecule is O=C(O)[C@H](C(C(F)(F)F)C(F)(F)F)[C@H](C(=O)O)C(C(F)(F)F)C(F)(F)F. The summed E-state index contributed by atoms with van der Waals surface area (Å²) in [6, 6.07) is 0. The number of halogens is 12. The van der Waals surface area contributed by atoms with Gasteiger partial charge < -0.3 is 10.2 Å². The third-order valence-electron chi connectivity index (χ3n) is 3.09. The average Bonchev–Trinajstić information content (AvgIpc) is 2.25. The predicted octanol–water partition coefficient (Wildman–Crippen LogP) is 3.87. The highest BCUT2D eigenvalue weighted by molar-refractivity contribution is 5.81. The van der Waals surface area contributed by atoms with E-state index in [2.05, 4.69) is 0 Å². The summed E-state index contributed by atoms with van der Waals surface area (Å²) in [6.45, 7) is 0. The molecule has 0 unspecified atom stereocenters. The van der Waals surface area contributed by atoms with Gasteiger partial charge >= 0.3 is 36.6 Å². The second-order valence-electron chi connectivity index (χ2n) is 4.85. The van der Waals surface area contributed by atoms with Gasteiger partial charge in [-0.1, -0.05) is 0 Å². The van der Waals surface area contributed by atoms with Crippen molar-refractivity contribution in [2.24, 2.45) is 23.7 Å². The Labute approximate surface area is 134 Å². The van der Waals surface area contributed by atoms with Gasteiger partial charge in [0.1, 0.15) is 0 Å². The van der Waals surface area contributed by atoms with E-state index in [1.807, 2.05) is 0 Å². The van der Waals surface area contributed by atoms with Crippen molar-refractivity contribution in [1.82, 2.24) is 0 Å². The first-order valence-electron chi connectivity index (χ1n) is 5.86. The summed E-state index contributed by atoms with van der Waals surface area (Å²) in [6.07, 6.45) is -26.8. The smallest absolute Gasteiger partial charge is 0.401 e. The highest BCUT2D eigenvalue weighted by atomic mass is 19.4. The zero-order valence-electron chi connectivity index (χ0n) is 11.6. The maximum atomic E-state index is 12.6. The molecule has 0 amide bonds. The number of rotatable bonds is 5. The number of alkyl halides is 12. The number of carbonyl (C=O) groups is 2. The molecular weight excluding hydrogens is 412 g/mol. The third kappa shape index (κ3) is 5.55. The van der Waals surface area contributed by atoms with Crippen LogP contribution in [0.25, 0.3) is 0 Å². The van der Waals surface area contributed by atoms with Gasteiger partial charge in [0.25, 0.3) is 0 Å². The van der Waals surface area contributed by atoms with Crippen molar-refractivity contribution >= 4 is 11.9 Å². The van der Waals surface area contributed by atoms with E-state index >= 15 is 0 Å². The van der Waals surface area contributed by atoms with Gasteiger partial charge in [-0.05, 0) is 0 Å². The number of carboxylic acids is 2. The van der Waals surface area contributed by atoms with Gasteiger partial charge in [-0.3, -0.25) is 9.59 Å². The zero-order valence-corrected chi connectivity index (χ0v) is 11.6. The van der Waals surface area contributed by atoms with Crippen molar-refractivity contribution in [2.75, 3.05) is 0 Å². The maximum Gasteiger partial charge on any atom is 0.401 e. The molecule has 0 spiro atoms. The lowest BCUT2D eigenvalue weighted by atomic mass is 9.73. The van der Waals surface area contributed by atoms with Gasteiger partial charge in [0, 0.05) is 0 Å². The lowest BCUT2D eigenvalue weighted by molar-refractivity contribution is -0.327. The van der Waals surface area contributed by atoms with Crippen molar-refractivity contribution in [2.45, 2.75) is 24.7 Å². The lowest BCUT2D eigenvalue weighted by Crippen LogP contribution is -2.55. The largest absolute Gasteiger partial charge is 0.481 e. The summed E-state index contributed by atoms with van der Waals surface area (Å²) in [5.41, 5.74) is 0. The molecule has 0 bridgehead atoms. The second kappa shape index (κ2) is 7.02. The quantitative estimate of drug-likeness (QED) is 0.665. The van der Waals surface area contributed by atoms with E-state index in [0.717, 1.165) is 0 Å².